The van der Waals surface area contributed by atoms with E-state index in [1.165, 1.54) is 0 Å². The molecule has 2 atom stereocenters. The lowest BCUT2D eigenvalue weighted by Gasteiger charge is -2.27. The number of pyridine rings is 1. The molecule has 1 aromatic heterocycles. The summed E-state index contributed by atoms with van der Waals surface area (Å²) in [7, 11) is 0. The van der Waals surface area contributed by atoms with Crippen molar-refractivity contribution < 1.29 is 9.90 Å². The summed E-state index contributed by atoms with van der Waals surface area (Å²) < 4.78 is 0. The van der Waals surface area contributed by atoms with E-state index in [1.54, 1.807) is 12.4 Å². The molecule has 74 valence electrons. The third-order valence-corrected chi connectivity index (χ3v) is 2.78. The van der Waals surface area contributed by atoms with Gasteiger partial charge in [-0.3, -0.25) is 9.78 Å². The monoisotopic (exact) mass is 192 g/mol. The van der Waals surface area contributed by atoms with Crippen molar-refractivity contribution in [2.45, 2.75) is 18.9 Å². The molecule has 0 bridgehead atoms. The second kappa shape index (κ2) is 3.38. The Morgan fingerprint density at radius 1 is 1.64 bits per heavy atom. The molecule has 1 aromatic rings. The van der Waals surface area contributed by atoms with Crippen molar-refractivity contribution in [3.8, 4) is 0 Å². The number of hydrogen-bond donors (Lipinski definition) is 2. The minimum absolute atomic E-state index is 0.390. The van der Waals surface area contributed by atoms with E-state index in [4.69, 9.17) is 10.8 Å². The lowest BCUT2D eigenvalue weighted by Crippen LogP contribution is -2.32. The van der Waals surface area contributed by atoms with Gasteiger partial charge in [-0.1, -0.05) is 0 Å². The lowest BCUT2D eigenvalue weighted by atomic mass is 9.81. The van der Waals surface area contributed by atoms with Gasteiger partial charge in [0, 0.05) is 18.4 Å². The predicted octanol–water partition coefficient (Wildman–Crippen LogP) is 0.728. The number of hydrogen-bond acceptors (Lipinski definition) is 3. The van der Waals surface area contributed by atoms with Crippen molar-refractivity contribution in [2.24, 2.45) is 11.7 Å². The van der Waals surface area contributed by atoms with Gasteiger partial charge in [0.25, 0.3) is 0 Å². The zero-order valence-corrected chi connectivity index (χ0v) is 7.68. The van der Waals surface area contributed by atoms with Crippen LogP contribution in [-0.2, 0) is 11.2 Å². The quantitative estimate of drug-likeness (QED) is 0.687. The number of carboxylic acid groups (broad SMARTS) is 1. The standard InChI is InChI=1S/C10H12N2O2/c11-9-7-3-4-12-5-6(7)1-2-8(9)10(13)14/h3-5,8-9H,1-2,11H2,(H,13,14). The topological polar surface area (TPSA) is 76.2 Å². The Morgan fingerprint density at radius 2 is 2.43 bits per heavy atom. The molecule has 0 aliphatic heterocycles. The number of nitrogens with two attached hydrogens (primary N) is 1. The molecule has 1 aliphatic rings. The van der Waals surface area contributed by atoms with Crippen LogP contribution in [0.15, 0.2) is 18.5 Å². The second-order valence-electron chi connectivity index (χ2n) is 3.58. The van der Waals surface area contributed by atoms with Crippen LogP contribution in [0.25, 0.3) is 0 Å². The van der Waals surface area contributed by atoms with Crippen LogP contribution in [0.3, 0.4) is 0 Å². The van der Waals surface area contributed by atoms with Gasteiger partial charge >= 0.3 is 5.97 Å². The minimum Gasteiger partial charge on any atom is -0.481 e. The Hall–Kier alpha value is -1.42. The summed E-state index contributed by atoms with van der Waals surface area (Å²) in [6.07, 6.45) is 4.79. The smallest absolute Gasteiger partial charge is 0.308 e. The number of aromatic nitrogens is 1. The van der Waals surface area contributed by atoms with Crippen LogP contribution in [0.1, 0.15) is 23.6 Å². The lowest BCUT2D eigenvalue weighted by molar-refractivity contribution is -0.143. The van der Waals surface area contributed by atoms with Crippen molar-refractivity contribution >= 4 is 5.97 Å². The molecule has 0 amide bonds. The molecule has 1 heterocycles. The Kier molecular flexibility index (Phi) is 2.21. The van der Waals surface area contributed by atoms with Gasteiger partial charge in [0.15, 0.2) is 0 Å². The van der Waals surface area contributed by atoms with Crippen LogP contribution in [0.5, 0.6) is 0 Å². The average molecular weight is 192 g/mol. The molecular weight excluding hydrogens is 180 g/mol. The van der Waals surface area contributed by atoms with Gasteiger partial charge < -0.3 is 10.8 Å². The molecule has 4 nitrogen and oxygen atoms in total. The maximum Gasteiger partial charge on any atom is 0.308 e. The highest BCUT2D eigenvalue weighted by atomic mass is 16.4. The molecule has 3 N–H and O–H groups in total. The predicted molar refractivity (Wildman–Crippen MR) is 50.6 cm³/mol. The maximum absolute atomic E-state index is 10.9. The second-order valence-corrected chi connectivity index (χ2v) is 3.58. The largest absolute Gasteiger partial charge is 0.481 e. The summed E-state index contributed by atoms with van der Waals surface area (Å²) in [6, 6.07) is 1.42. The SMILES string of the molecule is NC1c2ccncc2CCC1C(=O)O. The van der Waals surface area contributed by atoms with Crippen LogP contribution in [0.2, 0.25) is 0 Å². The Morgan fingerprint density at radius 3 is 3.14 bits per heavy atom. The summed E-state index contributed by atoms with van der Waals surface area (Å²) in [4.78, 5) is 14.9. The molecule has 4 heteroatoms. The van der Waals surface area contributed by atoms with E-state index >= 15 is 0 Å². The van der Waals surface area contributed by atoms with E-state index < -0.39 is 11.9 Å². The van der Waals surface area contributed by atoms with E-state index in [1.807, 2.05) is 6.07 Å². The first-order chi connectivity index (χ1) is 6.70. The minimum atomic E-state index is -0.806. The first kappa shape index (κ1) is 9.15. The third kappa shape index (κ3) is 1.37. The highest BCUT2D eigenvalue weighted by Gasteiger charge is 2.31. The van der Waals surface area contributed by atoms with E-state index in [2.05, 4.69) is 4.98 Å². The summed E-state index contributed by atoms with van der Waals surface area (Å²) in [6.45, 7) is 0. The van der Waals surface area contributed by atoms with Crippen molar-refractivity contribution in [1.82, 2.24) is 4.98 Å². The van der Waals surface area contributed by atoms with Crippen LogP contribution < -0.4 is 5.73 Å². The number of aliphatic carboxylic acids is 1. The molecule has 0 fully saturated rings. The number of aryl methyl sites for hydroxylation is 1. The van der Waals surface area contributed by atoms with Gasteiger partial charge in [-0.2, -0.15) is 0 Å². The van der Waals surface area contributed by atoms with Crippen LogP contribution in [0.4, 0.5) is 0 Å². The summed E-state index contributed by atoms with van der Waals surface area (Å²) >= 11 is 0. The zero-order valence-electron chi connectivity index (χ0n) is 7.68. The van der Waals surface area contributed by atoms with Crippen molar-refractivity contribution in [1.29, 1.82) is 0 Å². The molecule has 0 radical (unpaired) electrons. The summed E-state index contributed by atoms with van der Waals surface area (Å²) in [5.41, 5.74) is 7.89. The number of fused-ring (bicyclic) bond motifs is 1. The molecule has 0 saturated carbocycles. The summed E-state index contributed by atoms with van der Waals surface area (Å²) in [5, 5.41) is 8.94. The fourth-order valence-corrected chi connectivity index (χ4v) is 1.96. The molecule has 2 unspecified atom stereocenters. The molecule has 0 aromatic carbocycles. The van der Waals surface area contributed by atoms with Gasteiger partial charge in [-0.15, -0.1) is 0 Å². The zero-order chi connectivity index (χ0) is 10.1. The van der Waals surface area contributed by atoms with Gasteiger partial charge in [0.1, 0.15) is 0 Å². The molecule has 0 saturated heterocycles. The number of carbonyl (C=O) groups is 1. The van der Waals surface area contributed by atoms with E-state index in [0.29, 0.717) is 6.42 Å². The van der Waals surface area contributed by atoms with Gasteiger partial charge in [-0.05, 0) is 30.0 Å². The molecule has 1 aliphatic carbocycles. The van der Waals surface area contributed by atoms with E-state index in [0.717, 1.165) is 17.5 Å². The van der Waals surface area contributed by atoms with Gasteiger partial charge in [0.05, 0.1) is 5.92 Å². The van der Waals surface area contributed by atoms with Crippen LogP contribution in [-0.4, -0.2) is 16.1 Å². The fourth-order valence-electron chi connectivity index (χ4n) is 1.96. The first-order valence-electron chi connectivity index (χ1n) is 4.61. The van der Waals surface area contributed by atoms with E-state index in [-0.39, 0.29) is 6.04 Å². The van der Waals surface area contributed by atoms with Crippen molar-refractivity contribution in [2.75, 3.05) is 0 Å². The normalized spacial score (nSPS) is 25.5. The number of nitrogens with zero attached hydrogens (tertiary/aromatic N) is 1. The molecule has 14 heavy (non-hydrogen) atoms. The van der Waals surface area contributed by atoms with Crippen molar-refractivity contribution in [3.63, 3.8) is 0 Å². The van der Waals surface area contributed by atoms with Crippen molar-refractivity contribution in [3.05, 3.63) is 29.6 Å². The Labute approximate surface area is 81.8 Å². The van der Waals surface area contributed by atoms with Crippen LogP contribution in [0, 0.1) is 5.92 Å². The average Bonchev–Trinajstić information content (AvgIpc) is 2.18. The maximum atomic E-state index is 10.9. The molecule has 0 spiro atoms. The third-order valence-electron chi connectivity index (χ3n) is 2.78. The fraction of sp³-hybridized carbons (Fsp3) is 0.400. The number of carboxylic acids is 1. The Bertz CT molecular complexity index is 365. The molecule has 2 rings (SSSR count). The Balaban J connectivity index is 2.36. The van der Waals surface area contributed by atoms with E-state index in [9.17, 15) is 4.79 Å². The number of rotatable bonds is 1. The highest BCUT2D eigenvalue weighted by Crippen LogP contribution is 2.31. The molecular formula is C10H12N2O2. The van der Waals surface area contributed by atoms with Crippen LogP contribution >= 0.6 is 0 Å². The van der Waals surface area contributed by atoms with Gasteiger partial charge in [-0.25, -0.2) is 0 Å². The highest BCUT2D eigenvalue weighted by molar-refractivity contribution is 5.72. The first-order valence-corrected chi connectivity index (χ1v) is 4.61. The van der Waals surface area contributed by atoms with Gasteiger partial charge in [0.2, 0.25) is 0 Å². The summed E-state index contributed by atoms with van der Waals surface area (Å²) in [5.74, 6) is -1.26.